The average molecular weight is 340 g/mol. The molecule has 0 aliphatic rings. The van der Waals surface area contributed by atoms with Crippen LogP contribution < -0.4 is 10.7 Å². The van der Waals surface area contributed by atoms with Crippen molar-refractivity contribution in [3.8, 4) is 0 Å². The van der Waals surface area contributed by atoms with Crippen LogP contribution in [0.1, 0.15) is 24.1 Å². The van der Waals surface area contributed by atoms with Crippen LogP contribution in [0.3, 0.4) is 0 Å². The first kappa shape index (κ1) is 17.8. The van der Waals surface area contributed by atoms with E-state index >= 15 is 0 Å². The Morgan fingerprint density at radius 2 is 1.72 bits per heavy atom. The zero-order valence-corrected chi connectivity index (χ0v) is 13.4. The summed E-state index contributed by atoms with van der Waals surface area (Å²) in [7, 11) is 0. The van der Waals surface area contributed by atoms with Crippen LogP contribution in [0, 0.1) is 10.1 Å². The van der Waals surface area contributed by atoms with Gasteiger partial charge in [-0.3, -0.25) is 19.7 Å². The molecule has 0 aromatic heterocycles. The highest BCUT2D eigenvalue weighted by atomic mass is 16.6. The van der Waals surface area contributed by atoms with Crippen LogP contribution in [0.25, 0.3) is 0 Å². The van der Waals surface area contributed by atoms with Crippen molar-refractivity contribution in [1.29, 1.82) is 0 Å². The number of nitrogens with zero attached hydrogens (tertiary/aromatic N) is 2. The Labute approximate surface area is 143 Å². The van der Waals surface area contributed by atoms with Crippen LogP contribution in [-0.4, -0.2) is 23.0 Å². The van der Waals surface area contributed by atoms with Crippen molar-refractivity contribution in [2.45, 2.75) is 13.0 Å². The van der Waals surface area contributed by atoms with Crippen molar-refractivity contribution in [2.24, 2.45) is 5.10 Å². The van der Waals surface area contributed by atoms with Crippen molar-refractivity contribution >= 4 is 23.7 Å². The van der Waals surface area contributed by atoms with Crippen LogP contribution in [-0.2, 0) is 9.59 Å². The number of carbonyl (C=O) groups excluding carboxylic acids is 2. The normalized spacial score (nSPS) is 11.7. The summed E-state index contributed by atoms with van der Waals surface area (Å²) < 4.78 is 0. The zero-order valence-electron chi connectivity index (χ0n) is 13.4. The van der Waals surface area contributed by atoms with Gasteiger partial charge in [0.15, 0.2) is 0 Å². The maximum atomic E-state index is 11.8. The van der Waals surface area contributed by atoms with E-state index in [4.69, 9.17) is 0 Å². The second-order valence-corrected chi connectivity index (χ2v) is 5.15. The molecule has 0 aliphatic heterocycles. The van der Waals surface area contributed by atoms with Gasteiger partial charge >= 0.3 is 11.8 Å². The summed E-state index contributed by atoms with van der Waals surface area (Å²) in [6.07, 6.45) is 1.29. The molecule has 8 heteroatoms. The fourth-order valence-corrected chi connectivity index (χ4v) is 1.99. The maximum Gasteiger partial charge on any atom is 0.329 e. The van der Waals surface area contributed by atoms with E-state index in [1.165, 1.54) is 30.5 Å². The summed E-state index contributed by atoms with van der Waals surface area (Å²) in [5.41, 5.74) is 3.48. The van der Waals surface area contributed by atoms with Gasteiger partial charge in [-0.15, -0.1) is 0 Å². The van der Waals surface area contributed by atoms with E-state index in [0.717, 1.165) is 5.56 Å². The smallest absolute Gasteiger partial charge is 0.329 e. The van der Waals surface area contributed by atoms with E-state index in [9.17, 15) is 19.7 Å². The van der Waals surface area contributed by atoms with Gasteiger partial charge in [-0.25, -0.2) is 5.43 Å². The standard InChI is InChI=1S/C17H16N4O4/c1-12(14-5-3-2-4-6-14)19-16(22)17(23)20-18-11-13-7-9-15(10-8-13)21(24)25/h2-12H,1H3,(H,19,22)(H,20,23)/b18-11+/t12-/m0/s1. The summed E-state index contributed by atoms with van der Waals surface area (Å²) in [6.45, 7) is 1.76. The molecule has 0 radical (unpaired) electrons. The lowest BCUT2D eigenvalue weighted by molar-refractivity contribution is -0.384. The monoisotopic (exact) mass is 340 g/mol. The molecular formula is C17H16N4O4. The van der Waals surface area contributed by atoms with E-state index in [1.807, 2.05) is 30.3 Å². The minimum atomic E-state index is -0.902. The van der Waals surface area contributed by atoms with Crippen molar-refractivity contribution in [3.63, 3.8) is 0 Å². The van der Waals surface area contributed by atoms with Gasteiger partial charge in [0.2, 0.25) is 0 Å². The van der Waals surface area contributed by atoms with E-state index < -0.39 is 16.7 Å². The molecule has 128 valence electrons. The molecule has 0 spiro atoms. The average Bonchev–Trinajstić information content (AvgIpc) is 2.62. The molecule has 25 heavy (non-hydrogen) atoms. The van der Waals surface area contributed by atoms with Crippen molar-refractivity contribution < 1.29 is 14.5 Å². The Kier molecular flexibility index (Phi) is 5.94. The topological polar surface area (TPSA) is 114 Å². The lowest BCUT2D eigenvalue weighted by Gasteiger charge is -2.13. The number of nitro groups is 1. The minimum absolute atomic E-state index is 0.0459. The van der Waals surface area contributed by atoms with Gasteiger partial charge in [-0.1, -0.05) is 30.3 Å². The molecule has 2 amide bonds. The van der Waals surface area contributed by atoms with E-state index in [2.05, 4.69) is 15.8 Å². The molecule has 0 heterocycles. The van der Waals surface area contributed by atoms with Crippen LogP contribution in [0.4, 0.5) is 5.69 Å². The number of carbonyl (C=O) groups is 2. The molecule has 0 fully saturated rings. The molecule has 2 rings (SSSR count). The van der Waals surface area contributed by atoms with E-state index in [-0.39, 0.29) is 11.7 Å². The minimum Gasteiger partial charge on any atom is -0.341 e. The molecule has 0 aliphatic carbocycles. The fourth-order valence-electron chi connectivity index (χ4n) is 1.99. The lowest BCUT2D eigenvalue weighted by Crippen LogP contribution is -2.39. The molecule has 0 bridgehead atoms. The number of benzene rings is 2. The first-order valence-corrected chi connectivity index (χ1v) is 7.40. The third kappa shape index (κ3) is 5.24. The molecule has 2 aromatic rings. The van der Waals surface area contributed by atoms with E-state index in [0.29, 0.717) is 5.56 Å². The Morgan fingerprint density at radius 3 is 2.32 bits per heavy atom. The zero-order chi connectivity index (χ0) is 18.2. The number of nitro benzene ring substituents is 1. The lowest BCUT2D eigenvalue weighted by atomic mass is 10.1. The van der Waals surface area contributed by atoms with Gasteiger partial charge in [0.25, 0.3) is 5.69 Å². The van der Waals surface area contributed by atoms with Gasteiger partial charge in [0, 0.05) is 12.1 Å². The number of hydrogen-bond acceptors (Lipinski definition) is 5. The largest absolute Gasteiger partial charge is 0.341 e. The van der Waals surface area contributed by atoms with E-state index in [1.54, 1.807) is 6.92 Å². The van der Waals surface area contributed by atoms with Crippen molar-refractivity contribution in [1.82, 2.24) is 10.7 Å². The van der Waals surface area contributed by atoms with Crippen molar-refractivity contribution in [2.75, 3.05) is 0 Å². The molecular weight excluding hydrogens is 324 g/mol. The Morgan fingerprint density at radius 1 is 1.08 bits per heavy atom. The Balaban J connectivity index is 1.86. The second-order valence-electron chi connectivity index (χ2n) is 5.15. The van der Waals surface area contributed by atoms with Gasteiger partial charge in [-0.2, -0.15) is 5.10 Å². The summed E-state index contributed by atoms with van der Waals surface area (Å²) in [4.78, 5) is 33.6. The first-order valence-electron chi connectivity index (χ1n) is 7.40. The number of amides is 2. The van der Waals surface area contributed by atoms with Crippen LogP contribution in [0.15, 0.2) is 59.7 Å². The number of nitrogens with one attached hydrogen (secondary N) is 2. The number of rotatable bonds is 5. The van der Waals surface area contributed by atoms with Crippen molar-refractivity contribution in [3.05, 3.63) is 75.8 Å². The maximum absolute atomic E-state index is 11.8. The van der Waals surface area contributed by atoms with Crippen LogP contribution >= 0.6 is 0 Å². The molecule has 0 saturated heterocycles. The predicted molar refractivity (Wildman–Crippen MR) is 91.8 cm³/mol. The van der Waals surface area contributed by atoms with Gasteiger partial charge in [0.1, 0.15) is 0 Å². The van der Waals surface area contributed by atoms with Crippen LogP contribution in [0.2, 0.25) is 0 Å². The highest BCUT2D eigenvalue weighted by molar-refractivity contribution is 6.35. The van der Waals surface area contributed by atoms with Gasteiger partial charge < -0.3 is 5.32 Å². The fraction of sp³-hybridized carbons (Fsp3) is 0.118. The third-order valence-corrected chi connectivity index (χ3v) is 3.34. The van der Waals surface area contributed by atoms with Crippen LogP contribution in [0.5, 0.6) is 0 Å². The summed E-state index contributed by atoms with van der Waals surface area (Å²) >= 11 is 0. The number of hydrazone groups is 1. The quantitative estimate of drug-likeness (QED) is 0.374. The van der Waals surface area contributed by atoms with Gasteiger partial charge in [0.05, 0.1) is 17.2 Å². The SMILES string of the molecule is C[C@H](NC(=O)C(=O)N/N=C/c1ccc([N+](=O)[O-])cc1)c1ccccc1. The number of non-ortho nitro benzene ring substituents is 1. The molecule has 2 aromatic carbocycles. The number of hydrogen-bond donors (Lipinski definition) is 2. The Hall–Kier alpha value is -3.55. The predicted octanol–water partition coefficient (Wildman–Crippen LogP) is 1.92. The summed E-state index contributed by atoms with van der Waals surface area (Å²) in [5.74, 6) is -1.71. The Bertz CT molecular complexity index is 788. The highest BCUT2D eigenvalue weighted by Gasteiger charge is 2.16. The van der Waals surface area contributed by atoms with Gasteiger partial charge in [-0.05, 0) is 30.2 Å². The molecule has 0 unspecified atom stereocenters. The second kappa shape index (κ2) is 8.34. The molecule has 1 atom stereocenters. The molecule has 2 N–H and O–H groups in total. The third-order valence-electron chi connectivity index (χ3n) is 3.34. The molecule has 0 saturated carbocycles. The summed E-state index contributed by atoms with van der Waals surface area (Å²) in [5, 5.41) is 16.8. The summed E-state index contributed by atoms with van der Waals surface area (Å²) in [6, 6.07) is 14.5. The molecule has 8 nitrogen and oxygen atoms in total. The highest BCUT2D eigenvalue weighted by Crippen LogP contribution is 2.11. The first-order chi connectivity index (χ1) is 12.0.